The lowest BCUT2D eigenvalue weighted by molar-refractivity contribution is 0.242. The Hall–Kier alpha value is -2.27. The van der Waals surface area contributed by atoms with E-state index in [2.05, 4.69) is 29.7 Å². The number of hydrogen-bond donors (Lipinski definition) is 2. The molecule has 0 amide bonds. The second-order valence-electron chi connectivity index (χ2n) is 6.63. The van der Waals surface area contributed by atoms with Gasteiger partial charge >= 0.3 is 0 Å². The molecule has 0 unspecified atom stereocenters. The van der Waals surface area contributed by atoms with Crippen LogP contribution in [0.3, 0.4) is 0 Å². The quantitative estimate of drug-likeness (QED) is 0.435. The Balaban J connectivity index is 1.72. The van der Waals surface area contributed by atoms with Crippen LogP contribution in [0.15, 0.2) is 48.5 Å². The van der Waals surface area contributed by atoms with Gasteiger partial charge in [-0.1, -0.05) is 25.1 Å². The third-order valence-electron chi connectivity index (χ3n) is 3.83. The number of benzene rings is 2. The molecule has 0 heterocycles. The zero-order valence-corrected chi connectivity index (χ0v) is 17.3. The van der Waals surface area contributed by atoms with E-state index in [1.165, 1.54) is 5.56 Å². The molecule has 0 radical (unpaired) electrons. The molecule has 5 heteroatoms. The summed E-state index contributed by atoms with van der Waals surface area (Å²) < 4.78 is 11.5. The topological polar surface area (TPSA) is 42.5 Å². The third-order valence-corrected chi connectivity index (χ3v) is 4.07. The smallest absolute Gasteiger partial charge is 0.170 e. The van der Waals surface area contributed by atoms with Crippen molar-refractivity contribution in [3.05, 3.63) is 54.1 Å². The van der Waals surface area contributed by atoms with Crippen LogP contribution in [0.1, 0.15) is 39.2 Å². The van der Waals surface area contributed by atoms with Crippen LogP contribution in [0.2, 0.25) is 0 Å². The van der Waals surface area contributed by atoms with Gasteiger partial charge in [0.2, 0.25) is 0 Å². The highest BCUT2D eigenvalue weighted by molar-refractivity contribution is 7.80. The van der Waals surface area contributed by atoms with Crippen LogP contribution in [-0.4, -0.2) is 24.4 Å². The minimum atomic E-state index is 0.170. The molecule has 4 nitrogen and oxygen atoms in total. The van der Waals surface area contributed by atoms with Gasteiger partial charge in [-0.25, -0.2) is 0 Å². The number of nitrogens with one attached hydrogen (secondary N) is 2. The maximum Gasteiger partial charge on any atom is 0.170 e. The fourth-order valence-corrected chi connectivity index (χ4v) is 2.83. The van der Waals surface area contributed by atoms with E-state index in [-0.39, 0.29) is 6.10 Å². The van der Waals surface area contributed by atoms with Gasteiger partial charge in [-0.3, -0.25) is 0 Å². The van der Waals surface area contributed by atoms with Crippen molar-refractivity contribution in [2.45, 2.75) is 46.1 Å². The zero-order chi connectivity index (χ0) is 19.5. The van der Waals surface area contributed by atoms with Crippen molar-refractivity contribution in [1.82, 2.24) is 5.32 Å². The first kappa shape index (κ1) is 21.0. The number of thiocarbonyl (C=S) groups is 1. The van der Waals surface area contributed by atoms with Crippen molar-refractivity contribution in [3.8, 4) is 11.5 Å². The fourth-order valence-electron chi connectivity index (χ4n) is 2.61. The predicted molar refractivity (Wildman–Crippen MR) is 117 cm³/mol. The Labute approximate surface area is 168 Å². The molecule has 0 saturated heterocycles. The molecule has 2 aromatic carbocycles. The first-order valence-electron chi connectivity index (χ1n) is 9.60. The first-order valence-corrected chi connectivity index (χ1v) is 10.0. The summed E-state index contributed by atoms with van der Waals surface area (Å²) in [5.41, 5.74) is 2.19. The van der Waals surface area contributed by atoms with Crippen LogP contribution in [0.25, 0.3) is 0 Å². The number of aryl methyl sites for hydroxylation is 1. The SMILES string of the molecule is CCCOc1ccccc1CCCNC(=S)Nc1ccc(OC(C)C)cc1. The molecule has 2 rings (SSSR count). The van der Waals surface area contributed by atoms with E-state index in [9.17, 15) is 0 Å². The van der Waals surface area contributed by atoms with Gasteiger partial charge in [0.15, 0.2) is 5.11 Å². The molecular weight excluding hydrogens is 356 g/mol. The van der Waals surface area contributed by atoms with Crippen molar-refractivity contribution in [1.29, 1.82) is 0 Å². The highest BCUT2D eigenvalue weighted by Crippen LogP contribution is 2.20. The fraction of sp³-hybridized carbons (Fsp3) is 0.409. The monoisotopic (exact) mass is 386 g/mol. The normalized spacial score (nSPS) is 10.5. The number of ether oxygens (including phenoxy) is 2. The molecule has 0 aliphatic carbocycles. The predicted octanol–water partition coefficient (Wildman–Crippen LogP) is 5.18. The molecule has 2 N–H and O–H groups in total. The summed E-state index contributed by atoms with van der Waals surface area (Å²) in [5, 5.41) is 7.09. The highest BCUT2D eigenvalue weighted by atomic mass is 32.1. The largest absolute Gasteiger partial charge is 0.493 e. The second-order valence-corrected chi connectivity index (χ2v) is 7.04. The van der Waals surface area contributed by atoms with Gasteiger partial charge in [0, 0.05) is 12.2 Å². The molecule has 0 atom stereocenters. The summed E-state index contributed by atoms with van der Waals surface area (Å²) in [6, 6.07) is 16.1. The van der Waals surface area contributed by atoms with E-state index in [4.69, 9.17) is 21.7 Å². The number of para-hydroxylation sites is 1. The van der Waals surface area contributed by atoms with Gasteiger partial charge in [0.25, 0.3) is 0 Å². The van der Waals surface area contributed by atoms with Crippen LogP contribution >= 0.6 is 12.2 Å². The number of hydrogen-bond acceptors (Lipinski definition) is 3. The molecule has 0 aromatic heterocycles. The maximum atomic E-state index is 5.81. The third kappa shape index (κ3) is 7.87. The van der Waals surface area contributed by atoms with Crippen molar-refractivity contribution < 1.29 is 9.47 Å². The van der Waals surface area contributed by atoms with Gasteiger partial charge in [-0.2, -0.15) is 0 Å². The molecule has 0 fully saturated rings. The summed E-state index contributed by atoms with van der Waals surface area (Å²) in [7, 11) is 0. The van der Waals surface area contributed by atoms with E-state index in [0.29, 0.717) is 5.11 Å². The van der Waals surface area contributed by atoms with Crippen LogP contribution < -0.4 is 20.1 Å². The number of rotatable bonds is 10. The lowest BCUT2D eigenvalue weighted by Crippen LogP contribution is -2.29. The number of anilines is 1. The van der Waals surface area contributed by atoms with Gasteiger partial charge < -0.3 is 20.1 Å². The Bertz CT molecular complexity index is 702. The van der Waals surface area contributed by atoms with E-state index in [1.54, 1.807) is 0 Å². The second kappa shape index (κ2) is 11.4. The lowest BCUT2D eigenvalue weighted by atomic mass is 10.1. The molecule has 0 aliphatic heterocycles. The van der Waals surface area contributed by atoms with Gasteiger partial charge in [-0.15, -0.1) is 0 Å². The summed E-state index contributed by atoms with van der Waals surface area (Å²) in [5.74, 6) is 1.85. The van der Waals surface area contributed by atoms with Crippen LogP contribution in [0.4, 0.5) is 5.69 Å². The van der Waals surface area contributed by atoms with Gasteiger partial charge in [0.05, 0.1) is 12.7 Å². The van der Waals surface area contributed by atoms with Crippen molar-refractivity contribution in [2.24, 2.45) is 0 Å². The van der Waals surface area contributed by atoms with E-state index >= 15 is 0 Å². The maximum absolute atomic E-state index is 5.81. The Morgan fingerprint density at radius 3 is 2.52 bits per heavy atom. The van der Waals surface area contributed by atoms with Crippen molar-refractivity contribution >= 4 is 23.0 Å². The summed E-state index contributed by atoms with van der Waals surface area (Å²) in [6.07, 6.45) is 3.12. The standard InChI is InChI=1S/C22H30N2O2S/c1-4-16-25-21-10-6-5-8-18(21)9-7-15-23-22(27)24-19-11-13-20(14-12-19)26-17(2)3/h5-6,8,10-14,17H,4,7,9,15-16H2,1-3H3,(H2,23,24,27). The van der Waals surface area contributed by atoms with Crippen LogP contribution in [-0.2, 0) is 6.42 Å². The molecule has 0 bridgehead atoms. The summed E-state index contributed by atoms with van der Waals surface area (Å²) >= 11 is 5.37. The molecule has 27 heavy (non-hydrogen) atoms. The minimum absolute atomic E-state index is 0.170. The van der Waals surface area contributed by atoms with Gasteiger partial charge in [-0.05, 0) is 81.2 Å². The Morgan fingerprint density at radius 2 is 1.81 bits per heavy atom. The molecule has 146 valence electrons. The lowest BCUT2D eigenvalue weighted by Gasteiger charge is -2.13. The molecule has 2 aromatic rings. The molecule has 0 spiro atoms. The Kier molecular flexibility index (Phi) is 8.92. The summed E-state index contributed by atoms with van der Waals surface area (Å²) in [6.45, 7) is 7.71. The van der Waals surface area contributed by atoms with Crippen molar-refractivity contribution in [3.63, 3.8) is 0 Å². The first-order chi connectivity index (χ1) is 13.1. The average Bonchev–Trinajstić information content (AvgIpc) is 2.65. The van der Waals surface area contributed by atoms with Gasteiger partial charge in [0.1, 0.15) is 11.5 Å². The van der Waals surface area contributed by atoms with E-state index < -0.39 is 0 Å². The molecule has 0 aliphatic rings. The average molecular weight is 387 g/mol. The van der Waals surface area contributed by atoms with Crippen LogP contribution in [0.5, 0.6) is 11.5 Å². The van der Waals surface area contributed by atoms with E-state index in [1.807, 2.05) is 50.2 Å². The Morgan fingerprint density at radius 1 is 1.07 bits per heavy atom. The highest BCUT2D eigenvalue weighted by Gasteiger charge is 2.04. The van der Waals surface area contributed by atoms with E-state index in [0.717, 1.165) is 49.6 Å². The van der Waals surface area contributed by atoms with Crippen LogP contribution in [0, 0.1) is 0 Å². The zero-order valence-electron chi connectivity index (χ0n) is 16.5. The molecule has 0 saturated carbocycles. The van der Waals surface area contributed by atoms with Crippen molar-refractivity contribution in [2.75, 3.05) is 18.5 Å². The molecular formula is C22H30N2O2S. The summed E-state index contributed by atoms with van der Waals surface area (Å²) in [4.78, 5) is 0. The minimum Gasteiger partial charge on any atom is -0.493 e.